The van der Waals surface area contributed by atoms with Gasteiger partial charge in [-0.05, 0) is 31.2 Å². The Morgan fingerprint density at radius 2 is 2.16 bits per heavy atom. The fourth-order valence-corrected chi connectivity index (χ4v) is 2.15. The van der Waals surface area contributed by atoms with E-state index in [0.29, 0.717) is 5.52 Å². The first-order chi connectivity index (χ1) is 9.06. The van der Waals surface area contributed by atoms with Crippen molar-refractivity contribution in [2.24, 2.45) is 7.05 Å². The van der Waals surface area contributed by atoms with E-state index in [-0.39, 0.29) is 5.56 Å². The Hall–Kier alpha value is -2.56. The fourth-order valence-electron chi connectivity index (χ4n) is 2.15. The largest absolute Gasteiger partial charge is 0.478 e. The SMILES string of the molecule is Cc1cc(-c2nc3cc(C(=O)O)ccc3n2C)co1. The van der Waals surface area contributed by atoms with E-state index in [9.17, 15) is 4.79 Å². The predicted octanol–water partition coefficient (Wildman–Crippen LogP) is 2.84. The Labute approximate surface area is 109 Å². The lowest BCUT2D eigenvalue weighted by molar-refractivity contribution is 0.0697. The van der Waals surface area contributed by atoms with Crippen LogP contribution >= 0.6 is 0 Å². The lowest BCUT2D eigenvalue weighted by Gasteiger charge is -1.99. The lowest BCUT2D eigenvalue weighted by atomic mass is 10.2. The molecule has 3 aromatic rings. The maximum Gasteiger partial charge on any atom is 0.335 e. The van der Waals surface area contributed by atoms with Crippen LogP contribution in [0.1, 0.15) is 16.1 Å². The van der Waals surface area contributed by atoms with Crippen LogP contribution in [-0.4, -0.2) is 20.6 Å². The summed E-state index contributed by atoms with van der Waals surface area (Å²) in [6.45, 7) is 1.87. The Kier molecular flexibility index (Phi) is 2.41. The topological polar surface area (TPSA) is 68.3 Å². The summed E-state index contributed by atoms with van der Waals surface area (Å²) in [4.78, 5) is 15.4. The summed E-state index contributed by atoms with van der Waals surface area (Å²) in [6, 6.07) is 6.83. The molecule has 2 aromatic heterocycles. The predicted molar refractivity (Wildman–Crippen MR) is 70.1 cm³/mol. The number of aromatic nitrogens is 2. The Morgan fingerprint density at radius 1 is 1.37 bits per heavy atom. The van der Waals surface area contributed by atoms with Crippen molar-refractivity contribution in [1.82, 2.24) is 9.55 Å². The van der Waals surface area contributed by atoms with Crippen LogP contribution in [-0.2, 0) is 7.05 Å². The molecule has 0 bridgehead atoms. The number of aromatic carboxylic acids is 1. The number of nitrogens with zero attached hydrogens (tertiary/aromatic N) is 2. The quantitative estimate of drug-likeness (QED) is 0.765. The number of hydrogen-bond acceptors (Lipinski definition) is 3. The molecule has 0 aliphatic heterocycles. The highest BCUT2D eigenvalue weighted by Gasteiger charge is 2.13. The second-order valence-corrected chi connectivity index (χ2v) is 4.45. The summed E-state index contributed by atoms with van der Waals surface area (Å²) in [6.07, 6.45) is 1.65. The molecule has 1 N–H and O–H groups in total. The van der Waals surface area contributed by atoms with Gasteiger partial charge in [0.25, 0.3) is 0 Å². The number of carboxylic acids is 1. The van der Waals surface area contributed by atoms with E-state index in [1.807, 2.05) is 24.6 Å². The van der Waals surface area contributed by atoms with Crippen molar-refractivity contribution in [3.8, 4) is 11.4 Å². The number of benzene rings is 1. The van der Waals surface area contributed by atoms with Crippen molar-refractivity contribution < 1.29 is 14.3 Å². The number of furan rings is 1. The maximum absolute atomic E-state index is 11.0. The molecule has 3 rings (SSSR count). The molecule has 5 heteroatoms. The molecule has 0 saturated heterocycles. The summed E-state index contributed by atoms with van der Waals surface area (Å²) in [7, 11) is 1.90. The summed E-state index contributed by atoms with van der Waals surface area (Å²) in [5.74, 6) is 0.621. The first-order valence-corrected chi connectivity index (χ1v) is 5.81. The second kappa shape index (κ2) is 3.98. The number of imidazole rings is 1. The first kappa shape index (κ1) is 11.5. The second-order valence-electron chi connectivity index (χ2n) is 4.45. The average molecular weight is 256 g/mol. The molecule has 0 aliphatic rings. The van der Waals surface area contributed by atoms with Crippen LogP contribution in [0.15, 0.2) is 34.9 Å². The molecule has 19 heavy (non-hydrogen) atoms. The highest BCUT2D eigenvalue weighted by Crippen LogP contribution is 2.25. The number of carboxylic acid groups (broad SMARTS) is 1. The van der Waals surface area contributed by atoms with E-state index < -0.39 is 5.97 Å². The van der Waals surface area contributed by atoms with Crippen molar-refractivity contribution in [3.05, 3.63) is 41.9 Å². The maximum atomic E-state index is 11.0. The minimum absolute atomic E-state index is 0.237. The first-order valence-electron chi connectivity index (χ1n) is 5.81. The number of fused-ring (bicyclic) bond motifs is 1. The summed E-state index contributed by atoms with van der Waals surface area (Å²) < 4.78 is 7.21. The Balaban J connectivity index is 2.22. The molecule has 0 fully saturated rings. The van der Waals surface area contributed by atoms with Crippen molar-refractivity contribution >= 4 is 17.0 Å². The molecule has 0 unspecified atom stereocenters. The van der Waals surface area contributed by atoms with Gasteiger partial charge in [-0.15, -0.1) is 0 Å². The van der Waals surface area contributed by atoms with Gasteiger partial charge >= 0.3 is 5.97 Å². The Morgan fingerprint density at radius 3 is 2.79 bits per heavy atom. The molecule has 0 atom stereocenters. The van der Waals surface area contributed by atoms with Gasteiger partial charge < -0.3 is 14.1 Å². The number of hydrogen-bond donors (Lipinski definition) is 1. The van der Waals surface area contributed by atoms with Crippen molar-refractivity contribution in [2.45, 2.75) is 6.92 Å². The lowest BCUT2D eigenvalue weighted by Crippen LogP contribution is -1.95. The van der Waals surface area contributed by atoms with Crippen LogP contribution in [0.25, 0.3) is 22.4 Å². The third-order valence-corrected chi connectivity index (χ3v) is 3.12. The van der Waals surface area contributed by atoms with Crippen LogP contribution in [0.2, 0.25) is 0 Å². The minimum Gasteiger partial charge on any atom is -0.478 e. The zero-order chi connectivity index (χ0) is 13.6. The van der Waals surface area contributed by atoms with E-state index in [0.717, 1.165) is 22.7 Å². The van der Waals surface area contributed by atoms with Gasteiger partial charge in [-0.3, -0.25) is 0 Å². The third kappa shape index (κ3) is 1.79. The molecule has 0 amide bonds. The monoisotopic (exact) mass is 256 g/mol. The summed E-state index contributed by atoms with van der Waals surface area (Å²) in [5.41, 5.74) is 2.67. The van der Waals surface area contributed by atoms with Gasteiger partial charge in [0.05, 0.1) is 22.2 Å². The normalized spacial score (nSPS) is 11.1. The van der Waals surface area contributed by atoms with E-state index >= 15 is 0 Å². The minimum atomic E-state index is -0.951. The number of aryl methyl sites for hydroxylation is 2. The smallest absolute Gasteiger partial charge is 0.335 e. The highest BCUT2D eigenvalue weighted by molar-refractivity contribution is 5.93. The highest BCUT2D eigenvalue weighted by atomic mass is 16.4. The standard InChI is InChI=1S/C14H12N2O3/c1-8-5-10(7-19-8)13-15-11-6-9(14(17)18)3-4-12(11)16(13)2/h3-7H,1-2H3,(H,17,18). The van der Waals surface area contributed by atoms with Crippen molar-refractivity contribution in [1.29, 1.82) is 0 Å². The zero-order valence-electron chi connectivity index (χ0n) is 10.5. The van der Waals surface area contributed by atoms with Crippen LogP contribution in [0, 0.1) is 6.92 Å². The molecule has 0 saturated carbocycles. The molecule has 2 heterocycles. The van der Waals surface area contributed by atoms with Crippen LogP contribution in [0.5, 0.6) is 0 Å². The number of rotatable bonds is 2. The molecule has 5 nitrogen and oxygen atoms in total. The van der Waals surface area contributed by atoms with Gasteiger partial charge in [0, 0.05) is 7.05 Å². The fraction of sp³-hybridized carbons (Fsp3) is 0.143. The average Bonchev–Trinajstić information content (AvgIpc) is 2.93. The molecule has 0 aliphatic carbocycles. The number of carbonyl (C=O) groups is 1. The van der Waals surface area contributed by atoms with Crippen molar-refractivity contribution in [3.63, 3.8) is 0 Å². The van der Waals surface area contributed by atoms with Gasteiger partial charge in [0.2, 0.25) is 0 Å². The van der Waals surface area contributed by atoms with Gasteiger partial charge in [-0.1, -0.05) is 0 Å². The summed E-state index contributed by atoms with van der Waals surface area (Å²) >= 11 is 0. The van der Waals surface area contributed by atoms with Crippen LogP contribution < -0.4 is 0 Å². The van der Waals surface area contributed by atoms with Gasteiger partial charge in [-0.2, -0.15) is 0 Å². The molecule has 96 valence electrons. The summed E-state index contributed by atoms with van der Waals surface area (Å²) in [5, 5.41) is 8.99. The zero-order valence-corrected chi connectivity index (χ0v) is 10.5. The van der Waals surface area contributed by atoms with E-state index in [1.165, 1.54) is 0 Å². The van der Waals surface area contributed by atoms with Gasteiger partial charge in [-0.25, -0.2) is 9.78 Å². The molecule has 0 radical (unpaired) electrons. The van der Waals surface area contributed by atoms with Gasteiger partial charge in [0.15, 0.2) is 0 Å². The van der Waals surface area contributed by atoms with E-state index in [1.54, 1.807) is 24.5 Å². The van der Waals surface area contributed by atoms with E-state index in [4.69, 9.17) is 9.52 Å². The third-order valence-electron chi connectivity index (χ3n) is 3.12. The Bertz CT molecular complexity index is 783. The van der Waals surface area contributed by atoms with Crippen molar-refractivity contribution in [2.75, 3.05) is 0 Å². The molecular formula is C14H12N2O3. The van der Waals surface area contributed by atoms with Crippen LogP contribution in [0.3, 0.4) is 0 Å². The van der Waals surface area contributed by atoms with Crippen LogP contribution in [0.4, 0.5) is 0 Å². The van der Waals surface area contributed by atoms with E-state index in [2.05, 4.69) is 4.98 Å². The molecule has 0 spiro atoms. The molecular weight excluding hydrogens is 244 g/mol. The molecule has 1 aromatic carbocycles. The van der Waals surface area contributed by atoms with Gasteiger partial charge in [0.1, 0.15) is 17.8 Å².